The standard InChI is InChI=1S/C12H12NO5S.Rb/c14-11-4-5-18-12(15)10(11)7-8-2-1-3-9(6-8)13-19(16)17;/h1-3,6-7,13-14H,4-5H2,(H,16,17);/q-1;+1/p-1. The Labute approximate surface area is 167 Å². The molecule has 0 spiro atoms. The van der Waals surface area contributed by atoms with E-state index in [1.165, 1.54) is 12.5 Å². The number of esters is 1. The number of hydrogen-bond donors (Lipinski definition) is 2. The van der Waals surface area contributed by atoms with Gasteiger partial charge in [-0.1, -0.05) is 18.2 Å². The van der Waals surface area contributed by atoms with Crippen LogP contribution in [0.1, 0.15) is 12.0 Å². The molecule has 2 rings (SSSR count). The van der Waals surface area contributed by atoms with E-state index in [9.17, 15) is 18.7 Å². The predicted molar refractivity (Wildman–Crippen MR) is 67.6 cm³/mol. The van der Waals surface area contributed by atoms with Crippen molar-refractivity contribution in [2.24, 2.45) is 0 Å². The van der Waals surface area contributed by atoms with Gasteiger partial charge >= 0.3 is 58.2 Å². The number of benzene rings is 1. The molecule has 1 aromatic rings. The molecule has 0 aromatic heterocycles. The van der Waals surface area contributed by atoms with Gasteiger partial charge in [0.25, 0.3) is 5.97 Å². The molecule has 1 unspecified atom stereocenters. The van der Waals surface area contributed by atoms with Crippen molar-refractivity contribution in [1.82, 2.24) is 0 Å². The largest absolute Gasteiger partial charge is 1.00 e. The van der Waals surface area contributed by atoms with E-state index in [0.29, 0.717) is 11.3 Å². The maximum Gasteiger partial charge on any atom is 1.00 e. The Kier molecular flexibility index (Phi) is 7.42. The second-order valence-corrected chi connectivity index (χ2v) is 4.53. The summed E-state index contributed by atoms with van der Waals surface area (Å²) in [5.41, 5.74) is 1.04. The SMILES string of the molecule is O=C1OCCC(O)=C1[CH-]c1cccc(NS(=O)[O-])c1.[Rb+]. The molecule has 6 nitrogen and oxygen atoms in total. The minimum atomic E-state index is -2.41. The van der Waals surface area contributed by atoms with Crippen molar-refractivity contribution >= 4 is 22.9 Å². The first-order valence-corrected chi connectivity index (χ1v) is 6.54. The summed E-state index contributed by atoms with van der Waals surface area (Å²) in [5.74, 6) is -0.614. The van der Waals surface area contributed by atoms with Gasteiger partial charge in [-0.2, -0.15) is 0 Å². The molecule has 1 aliphatic heterocycles. The van der Waals surface area contributed by atoms with Crippen LogP contribution in [0.25, 0.3) is 0 Å². The van der Waals surface area contributed by atoms with Crippen LogP contribution in [0.5, 0.6) is 0 Å². The quantitative estimate of drug-likeness (QED) is 0.372. The van der Waals surface area contributed by atoms with Crippen LogP contribution in [0.3, 0.4) is 0 Å². The monoisotopic (exact) mass is 366 g/mol. The first-order valence-electron chi connectivity index (χ1n) is 5.46. The summed E-state index contributed by atoms with van der Waals surface area (Å²) < 4.78 is 28.1. The maximum absolute atomic E-state index is 11.5. The van der Waals surface area contributed by atoms with Gasteiger partial charge < -0.3 is 19.1 Å². The van der Waals surface area contributed by atoms with Crippen molar-refractivity contribution in [1.29, 1.82) is 0 Å². The van der Waals surface area contributed by atoms with Crippen LogP contribution in [0.4, 0.5) is 5.69 Å². The molecule has 0 radical (unpaired) electrons. The summed E-state index contributed by atoms with van der Waals surface area (Å²) in [5, 5.41) is 9.65. The van der Waals surface area contributed by atoms with Crippen molar-refractivity contribution in [3.63, 3.8) is 0 Å². The normalized spacial score (nSPS) is 15.9. The molecular formula is C12H11NO5RbS-. The van der Waals surface area contributed by atoms with Gasteiger partial charge in [0.15, 0.2) is 0 Å². The van der Waals surface area contributed by atoms with Crippen molar-refractivity contribution in [2.45, 2.75) is 6.42 Å². The zero-order valence-corrected chi connectivity index (χ0v) is 16.5. The molecule has 0 bridgehead atoms. The summed E-state index contributed by atoms with van der Waals surface area (Å²) in [6.45, 7) is 0.165. The second kappa shape index (κ2) is 8.30. The van der Waals surface area contributed by atoms with Gasteiger partial charge in [-0.3, -0.25) is 9.00 Å². The van der Waals surface area contributed by atoms with Crippen LogP contribution in [0.15, 0.2) is 35.6 Å². The second-order valence-electron chi connectivity index (χ2n) is 3.85. The fourth-order valence-electron chi connectivity index (χ4n) is 1.67. The van der Waals surface area contributed by atoms with Crippen LogP contribution < -0.4 is 62.9 Å². The van der Waals surface area contributed by atoms with Crippen LogP contribution in [-0.4, -0.2) is 26.4 Å². The molecule has 0 amide bonds. The molecule has 20 heavy (non-hydrogen) atoms. The van der Waals surface area contributed by atoms with E-state index in [4.69, 9.17) is 4.74 Å². The Bertz CT molecular complexity index is 561. The molecular weight excluding hydrogens is 356 g/mol. The average molecular weight is 367 g/mol. The molecule has 2 N–H and O–H groups in total. The van der Waals surface area contributed by atoms with Crippen molar-refractivity contribution in [3.8, 4) is 0 Å². The third-order valence-corrected chi connectivity index (χ3v) is 2.90. The summed E-state index contributed by atoms with van der Waals surface area (Å²) >= 11 is -2.41. The average Bonchev–Trinajstić information content (AvgIpc) is 2.34. The van der Waals surface area contributed by atoms with Crippen molar-refractivity contribution in [3.05, 3.63) is 47.6 Å². The zero-order chi connectivity index (χ0) is 13.8. The molecule has 1 atom stereocenters. The fraction of sp³-hybridized carbons (Fsp3) is 0.167. The number of hydrogen-bond acceptors (Lipinski definition) is 5. The Morgan fingerprint density at radius 3 is 2.85 bits per heavy atom. The zero-order valence-electron chi connectivity index (χ0n) is 10.8. The molecule has 0 saturated heterocycles. The minimum absolute atomic E-state index is 0. The summed E-state index contributed by atoms with van der Waals surface area (Å²) in [4.78, 5) is 11.5. The van der Waals surface area contributed by atoms with E-state index in [2.05, 4.69) is 4.72 Å². The molecule has 0 fully saturated rings. The fourth-order valence-corrected chi connectivity index (χ4v) is 1.99. The number of anilines is 1. The van der Waals surface area contributed by atoms with Gasteiger partial charge in [-0.25, -0.2) is 0 Å². The summed E-state index contributed by atoms with van der Waals surface area (Å²) in [6.07, 6.45) is 1.73. The smallest absolute Gasteiger partial charge is 0.755 e. The number of aliphatic hydroxyl groups is 1. The van der Waals surface area contributed by atoms with E-state index in [0.717, 1.165) is 0 Å². The van der Waals surface area contributed by atoms with E-state index >= 15 is 0 Å². The summed E-state index contributed by atoms with van der Waals surface area (Å²) in [6, 6.07) is 6.42. The van der Waals surface area contributed by atoms with Gasteiger partial charge in [0.05, 0.1) is 6.61 Å². The Morgan fingerprint density at radius 1 is 1.45 bits per heavy atom. The van der Waals surface area contributed by atoms with Gasteiger partial charge in [-0.15, -0.1) is 18.1 Å². The number of nitrogens with one attached hydrogen (secondary N) is 1. The third kappa shape index (κ3) is 4.98. The third-order valence-electron chi connectivity index (χ3n) is 2.50. The Morgan fingerprint density at radius 2 is 2.20 bits per heavy atom. The molecule has 1 aromatic carbocycles. The van der Waals surface area contributed by atoms with Crippen molar-refractivity contribution < 1.29 is 81.6 Å². The topological polar surface area (TPSA) is 98.7 Å². The first kappa shape index (κ1) is 17.9. The van der Waals surface area contributed by atoms with Crippen LogP contribution in [0, 0.1) is 6.42 Å². The molecule has 1 heterocycles. The minimum Gasteiger partial charge on any atom is -0.755 e. The van der Waals surface area contributed by atoms with E-state index in [1.807, 2.05) is 0 Å². The number of carbonyl (C=O) groups excluding carboxylic acids is 1. The first-order chi connectivity index (χ1) is 9.06. The van der Waals surface area contributed by atoms with E-state index < -0.39 is 17.2 Å². The number of carbonyl (C=O) groups is 1. The summed E-state index contributed by atoms with van der Waals surface area (Å²) in [7, 11) is 0. The number of aliphatic hydroxyl groups excluding tert-OH is 1. The molecule has 8 heteroatoms. The number of cyclic esters (lactones) is 1. The number of ether oxygens (including phenoxy) is 1. The van der Waals surface area contributed by atoms with Gasteiger partial charge in [0.1, 0.15) is 0 Å². The van der Waals surface area contributed by atoms with E-state index in [-0.39, 0.29) is 82.5 Å². The van der Waals surface area contributed by atoms with Gasteiger partial charge in [-0.05, 0) is 5.57 Å². The van der Waals surface area contributed by atoms with Crippen LogP contribution >= 0.6 is 0 Å². The number of rotatable bonds is 4. The molecule has 1 aliphatic rings. The Balaban J connectivity index is 0.00000200. The molecule has 0 saturated carbocycles. The van der Waals surface area contributed by atoms with E-state index in [1.54, 1.807) is 18.2 Å². The van der Waals surface area contributed by atoms with Gasteiger partial charge in [0.2, 0.25) is 0 Å². The van der Waals surface area contributed by atoms with Gasteiger partial charge in [0, 0.05) is 29.1 Å². The predicted octanol–water partition coefficient (Wildman–Crippen LogP) is -1.79. The molecule has 102 valence electrons. The maximum atomic E-state index is 11.5. The molecule has 0 aliphatic carbocycles. The van der Waals surface area contributed by atoms with Crippen molar-refractivity contribution in [2.75, 3.05) is 11.3 Å². The Hall–Kier alpha value is -0.185. The van der Waals surface area contributed by atoms with Crippen LogP contribution in [0.2, 0.25) is 0 Å². The van der Waals surface area contributed by atoms with Crippen LogP contribution in [-0.2, 0) is 20.8 Å².